The predicted molar refractivity (Wildman–Crippen MR) is 53.9 cm³/mol. The molecule has 0 atom stereocenters. The van der Waals surface area contributed by atoms with Gasteiger partial charge >= 0.3 is 0 Å². The number of phenols is 2. The number of phenolic OH excluding ortho intramolecular Hbond substituents is 2. The van der Waals surface area contributed by atoms with Crippen LogP contribution in [0.25, 0.3) is 0 Å². The summed E-state index contributed by atoms with van der Waals surface area (Å²) in [5, 5.41) is 18.0. The first-order valence-corrected chi connectivity index (χ1v) is 3.45. The van der Waals surface area contributed by atoms with E-state index in [1.165, 1.54) is 12.1 Å². The molecule has 1 rings (SSSR count). The molecule has 79 valence electrons. The standard InChI is InChI=1S/C8H11NO2.Ag.H4Si/c9-4-3-6-1-2-7(10)8(11)5-6;;/h1-2,5,10-11H,3-4,9H2;;1H4. The quantitative estimate of drug-likeness (QED) is 0.491. The molecule has 5 heteroatoms. The second kappa shape index (κ2) is 7.17. The molecule has 1 radical (unpaired) electrons. The molecular weight excluding hydrogens is 278 g/mol. The van der Waals surface area contributed by atoms with E-state index in [1.807, 2.05) is 0 Å². The number of rotatable bonds is 2. The van der Waals surface area contributed by atoms with Crippen LogP contribution in [0.15, 0.2) is 18.2 Å². The Balaban J connectivity index is 0. The monoisotopic (exact) mass is 292 g/mol. The van der Waals surface area contributed by atoms with E-state index in [4.69, 9.17) is 15.9 Å². The first kappa shape index (κ1) is 15.2. The largest absolute Gasteiger partial charge is 0.504 e. The third-order valence-electron chi connectivity index (χ3n) is 1.47. The molecule has 0 aliphatic carbocycles. The van der Waals surface area contributed by atoms with Crippen LogP contribution in [0.1, 0.15) is 5.56 Å². The first-order valence-electron chi connectivity index (χ1n) is 3.45. The average Bonchev–Trinajstić information content (AvgIpc) is 1.98. The van der Waals surface area contributed by atoms with Crippen molar-refractivity contribution in [3.8, 4) is 11.5 Å². The van der Waals surface area contributed by atoms with Crippen LogP contribution in [0.2, 0.25) is 0 Å². The van der Waals surface area contributed by atoms with Gasteiger partial charge in [-0.05, 0) is 41.6 Å². The Labute approximate surface area is 97.5 Å². The number of aromatic hydroxyl groups is 2. The molecule has 0 amide bonds. The topological polar surface area (TPSA) is 66.5 Å². The van der Waals surface area contributed by atoms with Crippen molar-refractivity contribution in [1.29, 1.82) is 0 Å². The number of hydrogen-bond donors (Lipinski definition) is 3. The maximum absolute atomic E-state index is 9.04. The summed E-state index contributed by atoms with van der Waals surface area (Å²) in [5.74, 6) is -0.179. The molecule has 0 unspecified atom stereocenters. The van der Waals surface area contributed by atoms with Crippen LogP contribution in [0.3, 0.4) is 0 Å². The van der Waals surface area contributed by atoms with Crippen molar-refractivity contribution in [2.45, 2.75) is 6.42 Å². The molecule has 0 saturated heterocycles. The number of benzene rings is 1. The van der Waals surface area contributed by atoms with Crippen molar-refractivity contribution >= 4 is 11.0 Å². The summed E-state index contributed by atoms with van der Waals surface area (Å²) in [4.78, 5) is 0. The van der Waals surface area contributed by atoms with Gasteiger partial charge in [-0.25, -0.2) is 0 Å². The van der Waals surface area contributed by atoms with Crippen molar-refractivity contribution in [1.82, 2.24) is 0 Å². The Morgan fingerprint density at radius 2 is 1.77 bits per heavy atom. The van der Waals surface area contributed by atoms with Gasteiger partial charge in [0.2, 0.25) is 0 Å². The summed E-state index contributed by atoms with van der Waals surface area (Å²) in [6.45, 7) is 0.546. The van der Waals surface area contributed by atoms with E-state index in [2.05, 4.69) is 0 Å². The van der Waals surface area contributed by atoms with Crippen molar-refractivity contribution in [2.24, 2.45) is 5.73 Å². The minimum atomic E-state index is -0.0919. The first-order chi connectivity index (χ1) is 5.24. The van der Waals surface area contributed by atoms with E-state index in [1.54, 1.807) is 6.07 Å². The molecule has 0 heterocycles. The number of hydrogen-bond acceptors (Lipinski definition) is 3. The summed E-state index contributed by atoms with van der Waals surface area (Å²) < 4.78 is 0. The summed E-state index contributed by atoms with van der Waals surface area (Å²) in [7, 11) is 0. The summed E-state index contributed by atoms with van der Waals surface area (Å²) in [6, 6.07) is 4.71. The van der Waals surface area contributed by atoms with E-state index < -0.39 is 0 Å². The average molecular weight is 293 g/mol. The zero-order valence-electron chi connectivity index (χ0n) is 6.42. The molecule has 13 heavy (non-hydrogen) atoms. The number of nitrogens with two attached hydrogens (primary N) is 1. The van der Waals surface area contributed by atoms with Crippen LogP contribution >= 0.6 is 0 Å². The summed E-state index contributed by atoms with van der Waals surface area (Å²) in [6.07, 6.45) is 0.716. The molecule has 1 aromatic carbocycles. The zero-order chi connectivity index (χ0) is 8.27. The smallest absolute Gasteiger partial charge is 0.157 e. The second-order valence-corrected chi connectivity index (χ2v) is 2.36. The van der Waals surface area contributed by atoms with Crippen LogP contribution in [-0.2, 0) is 28.8 Å². The maximum atomic E-state index is 9.04. The van der Waals surface area contributed by atoms with Crippen molar-refractivity contribution in [3.05, 3.63) is 23.8 Å². The van der Waals surface area contributed by atoms with Gasteiger partial charge in [-0.1, -0.05) is 6.07 Å². The Morgan fingerprint density at radius 3 is 2.23 bits per heavy atom. The van der Waals surface area contributed by atoms with Gasteiger partial charge in [0, 0.05) is 22.4 Å². The van der Waals surface area contributed by atoms with Gasteiger partial charge in [0.05, 0.1) is 0 Å². The van der Waals surface area contributed by atoms with Crippen molar-refractivity contribution in [3.63, 3.8) is 0 Å². The van der Waals surface area contributed by atoms with Gasteiger partial charge in [-0.15, -0.1) is 0 Å². The van der Waals surface area contributed by atoms with Crippen LogP contribution in [0, 0.1) is 0 Å². The van der Waals surface area contributed by atoms with E-state index >= 15 is 0 Å². The van der Waals surface area contributed by atoms with E-state index in [9.17, 15) is 0 Å². The van der Waals surface area contributed by atoms with Gasteiger partial charge in [-0.3, -0.25) is 0 Å². The van der Waals surface area contributed by atoms with Crippen molar-refractivity contribution in [2.75, 3.05) is 6.54 Å². The zero-order valence-corrected chi connectivity index (χ0v) is 7.90. The molecule has 4 N–H and O–H groups in total. The third-order valence-corrected chi connectivity index (χ3v) is 1.47. The Morgan fingerprint density at radius 1 is 1.15 bits per heavy atom. The van der Waals surface area contributed by atoms with Gasteiger partial charge in [0.25, 0.3) is 0 Å². The molecule has 1 aromatic rings. The molecular formula is C8H15AgNO2Si. The molecule has 0 aliphatic heterocycles. The minimum absolute atomic E-state index is 0. The summed E-state index contributed by atoms with van der Waals surface area (Å²) in [5.41, 5.74) is 6.24. The van der Waals surface area contributed by atoms with Gasteiger partial charge in [-0.2, -0.15) is 0 Å². The summed E-state index contributed by atoms with van der Waals surface area (Å²) >= 11 is 0. The molecule has 0 aromatic heterocycles. The molecule has 0 aliphatic rings. The van der Waals surface area contributed by atoms with Crippen LogP contribution < -0.4 is 5.73 Å². The van der Waals surface area contributed by atoms with Gasteiger partial charge in [0.1, 0.15) is 0 Å². The Kier molecular flexibility index (Phi) is 8.40. The van der Waals surface area contributed by atoms with Crippen LogP contribution in [0.5, 0.6) is 11.5 Å². The Bertz CT molecular complexity index is 258. The molecule has 0 fully saturated rings. The predicted octanol–water partition coefficient (Wildman–Crippen LogP) is -0.855. The van der Waals surface area contributed by atoms with Gasteiger partial charge in [0.15, 0.2) is 11.5 Å². The Hall–Kier alpha value is -0.263. The second-order valence-electron chi connectivity index (χ2n) is 2.36. The van der Waals surface area contributed by atoms with Crippen molar-refractivity contribution < 1.29 is 32.6 Å². The van der Waals surface area contributed by atoms with E-state index in [0.717, 1.165) is 5.56 Å². The van der Waals surface area contributed by atoms with E-state index in [0.29, 0.717) is 13.0 Å². The van der Waals surface area contributed by atoms with Gasteiger partial charge < -0.3 is 15.9 Å². The van der Waals surface area contributed by atoms with Crippen LogP contribution in [-0.4, -0.2) is 27.7 Å². The molecule has 0 saturated carbocycles. The SMILES string of the molecule is NCCc1ccc(O)c(O)c1.[Ag].[SiH4]. The third kappa shape index (κ3) is 4.49. The molecule has 0 bridgehead atoms. The fraction of sp³-hybridized carbons (Fsp3) is 0.250. The van der Waals surface area contributed by atoms with Crippen LogP contribution in [0.4, 0.5) is 0 Å². The van der Waals surface area contributed by atoms with E-state index in [-0.39, 0.29) is 44.8 Å². The molecule has 3 nitrogen and oxygen atoms in total. The molecule has 0 spiro atoms. The normalized spacial score (nSPS) is 8.38. The maximum Gasteiger partial charge on any atom is 0.157 e. The fourth-order valence-corrected chi connectivity index (χ4v) is 0.891. The minimum Gasteiger partial charge on any atom is -0.504 e. The fourth-order valence-electron chi connectivity index (χ4n) is 0.891.